The Balaban J connectivity index is 1.46. The average Bonchev–Trinajstić information content (AvgIpc) is 3.64. The molecule has 6 nitrogen and oxygen atoms in total. The summed E-state index contributed by atoms with van der Waals surface area (Å²) in [5.41, 5.74) is 11.6. The van der Waals surface area contributed by atoms with E-state index in [1.807, 2.05) is 0 Å². The van der Waals surface area contributed by atoms with Crippen molar-refractivity contribution in [3.63, 3.8) is 0 Å². The van der Waals surface area contributed by atoms with E-state index >= 15 is 0 Å². The fraction of sp³-hybridized carbons (Fsp3) is 0.517. The molecule has 35 heavy (non-hydrogen) atoms. The zero-order chi connectivity index (χ0) is 24.6. The Hall–Kier alpha value is -2.70. The predicted molar refractivity (Wildman–Crippen MR) is 145 cm³/mol. The van der Waals surface area contributed by atoms with Crippen molar-refractivity contribution in [3.8, 4) is 0 Å². The van der Waals surface area contributed by atoms with Crippen LogP contribution in [0.3, 0.4) is 0 Å². The number of nitrogens with two attached hydrogens (primary N) is 1. The molecule has 1 saturated heterocycles. The van der Waals surface area contributed by atoms with Crippen LogP contribution >= 0.6 is 0 Å². The Kier molecular flexibility index (Phi) is 6.69. The van der Waals surface area contributed by atoms with Gasteiger partial charge in [0.1, 0.15) is 11.6 Å². The third-order valence-electron chi connectivity index (χ3n) is 7.95. The number of hydrogen-bond acceptors (Lipinski definition) is 6. The highest BCUT2D eigenvalue weighted by Crippen LogP contribution is 2.47. The van der Waals surface area contributed by atoms with Crippen LogP contribution < -0.4 is 15.5 Å². The normalized spacial score (nSPS) is 18.6. The zero-order valence-corrected chi connectivity index (χ0v) is 21.6. The molecule has 2 N–H and O–H groups in total. The fourth-order valence-electron chi connectivity index (χ4n) is 5.34. The SMILES string of the molecule is COCCC(N)c1ccc2nc(C3(C)CC3)nc(N3CCC(c4ccccc4N(C)C)CC3)c2c1. The monoisotopic (exact) mass is 473 g/mol. The number of para-hydroxylation sites is 1. The van der Waals surface area contributed by atoms with Crippen LogP contribution in [0, 0.1) is 0 Å². The van der Waals surface area contributed by atoms with Crippen LogP contribution in [-0.4, -0.2) is 50.9 Å². The van der Waals surface area contributed by atoms with Gasteiger partial charge in [-0.05, 0) is 67.3 Å². The molecule has 0 bridgehead atoms. The van der Waals surface area contributed by atoms with Crippen molar-refractivity contribution in [2.24, 2.45) is 5.73 Å². The van der Waals surface area contributed by atoms with Crippen molar-refractivity contribution in [3.05, 3.63) is 59.4 Å². The molecule has 0 spiro atoms. The molecule has 1 aromatic heterocycles. The molecule has 1 unspecified atom stereocenters. The molecule has 2 aromatic carbocycles. The smallest absolute Gasteiger partial charge is 0.140 e. The summed E-state index contributed by atoms with van der Waals surface area (Å²) >= 11 is 0. The molecule has 1 aliphatic carbocycles. The van der Waals surface area contributed by atoms with Crippen LogP contribution in [0.15, 0.2) is 42.5 Å². The van der Waals surface area contributed by atoms with Gasteiger partial charge in [0, 0.05) is 63.4 Å². The van der Waals surface area contributed by atoms with Gasteiger partial charge in [-0.1, -0.05) is 31.2 Å². The van der Waals surface area contributed by atoms with E-state index in [1.54, 1.807) is 7.11 Å². The number of nitrogens with zero attached hydrogens (tertiary/aromatic N) is 4. The number of anilines is 2. The maximum atomic E-state index is 6.49. The third-order valence-corrected chi connectivity index (χ3v) is 7.95. The van der Waals surface area contributed by atoms with Crippen molar-refractivity contribution in [1.29, 1.82) is 0 Å². The lowest BCUT2D eigenvalue weighted by atomic mass is 9.88. The molecule has 0 amide bonds. The molecule has 186 valence electrons. The molecule has 1 saturated carbocycles. The summed E-state index contributed by atoms with van der Waals surface area (Å²) in [4.78, 5) is 14.9. The lowest BCUT2D eigenvalue weighted by Gasteiger charge is -2.35. The van der Waals surface area contributed by atoms with Gasteiger partial charge < -0.3 is 20.3 Å². The highest BCUT2D eigenvalue weighted by molar-refractivity contribution is 5.90. The first-order chi connectivity index (χ1) is 16.9. The topological polar surface area (TPSA) is 67.5 Å². The standard InChI is InChI=1S/C29H39N5O/c1-29(14-15-29)28-31-25-10-9-21(24(30)13-18-35-4)19-23(25)27(32-28)34-16-11-20(12-17-34)22-7-5-6-8-26(22)33(2)3/h5-10,19-20,24H,11-18,30H2,1-4H3. The molecular weight excluding hydrogens is 434 g/mol. The van der Waals surface area contributed by atoms with Gasteiger partial charge in [0.2, 0.25) is 0 Å². The predicted octanol–water partition coefficient (Wildman–Crippen LogP) is 5.17. The number of hydrogen-bond donors (Lipinski definition) is 1. The second-order valence-corrected chi connectivity index (χ2v) is 10.8. The fourth-order valence-corrected chi connectivity index (χ4v) is 5.34. The molecule has 2 fully saturated rings. The zero-order valence-electron chi connectivity index (χ0n) is 21.6. The molecule has 5 rings (SSSR count). The molecule has 3 aromatic rings. The van der Waals surface area contributed by atoms with Crippen LogP contribution in [0.5, 0.6) is 0 Å². The molecule has 1 aliphatic heterocycles. The van der Waals surface area contributed by atoms with Crippen LogP contribution in [0.4, 0.5) is 11.5 Å². The number of aromatic nitrogens is 2. The Labute approximate surface area is 209 Å². The summed E-state index contributed by atoms with van der Waals surface area (Å²) in [6.45, 7) is 4.93. The van der Waals surface area contributed by atoms with Crippen LogP contribution in [0.2, 0.25) is 0 Å². The molecule has 6 heteroatoms. The average molecular weight is 474 g/mol. The highest BCUT2D eigenvalue weighted by atomic mass is 16.5. The lowest BCUT2D eigenvalue weighted by Crippen LogP contribution is -2.34. The number of piperidine rings is 1. The van der Waals surface area contributed by atoms with E-state index < -0.39 is 0 Å². The van der Waals surface area contributed by atoms with Gasteiger partial charge in [0.05, 0.1) is 5.52 Å². The van der Waals surface area contributed by atoms with Crippen LogP contribution in [-0.2, 0) is 10.2 Å². The summed E-state index contributed by atoms with van der Waals surface area (Å²) in [5, 5.41) is 1.12. The molecule has 0 radical (unpaired) electrons. The van der Waals surface area contributed by atoms with Gasteiger partial charge in [0.15, 0.2) is 0 Å². The minimum absolute atomic E-state index is 0.0545. The first kappa shape index (κ1) is 24.0. The Morgan fingerprint density at radius 1 is 1.11 bits per heavy atom. The van der Waals surface area contributed by atoms with Crippen molar-refractivity contribution in [1.82, 2.24) is 9.97 Å². The van der Waals surface area contributed by atoms with Crippen molar-refractivity contribution in [2.75, 3.05) is 50.7 Å². The Bertz CT molecular complexity index is 1180. The lowest BCUT2D eigenvalue weighted by molar-refractivity contribution is 0.188. The Morgan fingerprint density at radius 2 is 1.86 bits per heavy atom. The number of benzene rings is 2. The van der Waals surface area contributed by atoms with Gasteiger partial charge in [-0.2, -0.15) is 0 Å². The van der Waals surface area contributed by atoms with Crippen molar-refractivity contribution >= 4 is 22.4 Å². The van der Waals surface area contributed by atoms with E-state index in [0.717, 1.165) is 60.5 Å². The number of methoxy groups -OCH3 is 1. The summed E-state index contributed by atoms with van der Waals surface area (Å²) in [6, 6.07) is 15.3. The molecular formula is C29H39N5O. The van der Waals surface area contributed by atoms with Gasteiger partial charge >= 0.3 is 0 Å². The second-order valence-electron chi connectivity index (χ2n) is 10.8. The second kappa shape index (κ2) is 9.75. The third kappa shape index (κ3) is 4.87. The quantitative estimate of drug-likeness (QED) is 0.487. The van der Waals surface area contributed by atoms with Crippen molar-refractivity contribution < 1.29 is 4.74 Å². The summed E-state index contributed by atoms with van der Waals surface area (Å²) < 4.78 is 5.25. The van der Waals surface area contributed by atoms with Gasteiger partial charge in [0.25, 0.3) is 0 Å². The largest absolute Gasteiger partial charge is 0.385 e. The number of rotatable bonds is 8. The van der Waals surface area contributed by atoms with E-state index in [-0.39, 0.29) is 11.5 Å². The van der Waals surface area contributed by atoms with E-state index in [1.165, 1.54) is 24.1 Å². The summed E-state index contributed by atoms with van der Waals surface area (Å²) in [5.74, 6) is 2.64. The number of ether oxygens (including phenoxy) is 1. The number of fused-ring (bicyclic) bond motifs is 1. The van der Waals surface area contributed by atoms with Gasteiger partial charge in [-0.15, -0.1) is 0 Å². The van der Waals surface area contributed by atoms with Gasteiger partial charge in [-0.3, -0.25) is 0 Å². The Morgan fingerprint density at radius 3 is 2.54 bits per heavy atom. The van der Waals surface area contributed by atoms with E-state index in [0.29, 0.717) is 12.5 Å². The van der Waals surface area contributed by atoms with E-state index in [2.05, 4.69) is 73.3 Å². The molecule has 1 atom stereocenters. The van der Waals surface area contributed by atoms with Gasteiger partial charge in [-0.25, -0.2) is 9.97 Å². The molecule has 2 heterocycles. The van der Waals surface area contributed by atoms with Crippen LogP contribution in [0.25, 0.3) is 10.9 Å². The van der Waals surface area contributed by atoms with Crippen LogP contribution in [0.1, 0.15) is 67.9 Å². The minimum Gasteiger partial charge on any atom is -0.385 e. The first-order valence-electron chi connectivity index (χ1n) is 13.0. The minimum atomic E-state index is -0.0545. The summed E-state index contributed by atoms with van der Waals surface area (Å²) in [7, 11) is 5.99. The van der Waals surface area contributed by atoms with E-state index in [9.17, 15) is 0 Å². The van der Waals surface area contributed by atoms with Crippen molar-refractivity contribution in [2.45, 2.75) is 56.4 Å². The first-order valence-corrected chi connectivity index (χ1v) is 13.0. The maximum Gasteiger partial charge on any atom is 0.140 e. The molecule has 2 aliphatic rings. The van der Waals surface area contributed by atoms with E-state index in [4.69, 9.17) is 20.4 Å². The highest BCUT2D eigenvalue weighted by Gasteiger charge is 2.42. The summed E-state index contributed by atoms with van der Waals surface area (Å²) in [6.07, 6.45) is 5.37. The maximum absolute atomic E-state index is 6.49.